The van der Waals surface area contributed by atoms with Crippen LogP contribution in [0.15, 0.2) is 5.10 Å². The smallest absolute Gasteiger partial charge is 0.136 e. The average molecular weight is 133 g/mol. The van der Waals surface area contributed by atoms with Gasteiger partial charge < -0.3 is 5.73 Å². The summed E-state index contributed by atoms with van der Waals surface area (Å²) in [5.74, 6) is 0. The van der Waals surface area contributed by atoms with Crippen molar-refractivity contribution in [2.75, 3.05) is 0 Å². The molecule has 0 saturated heterocycles. The zero-order chi connectivity index (χ0) is 6.57. The number of nitrogens with zero attached hydrogens (tertiary/aromatic N) is 1. The average Bonchev–Trinajstić information content (AvgIpc) is 1.61. The Kier molecular flexibility index (Phi) is 3.64. The van der Waals surface area contributed by atoms with Crippen LogP contribution in [-0.2, 0) is 0 Å². The van der Waals surface area contributed by atoms with Crippen molar-refractivity contribution < 1.29 is 0 Å². The Morgan fingerprint density at radius 2 is 2.25 bits per heavy atom. The van der Waals surface area contributed by atoms with Crippen LogP contribution in [0.25, 0.3) is 0 Å². The molecule has 0 aromatic carbocycles. The topological polar surface area (TPSA) is 50.4 Å². The van der Waals surface area contributed by atoms with Crippen LogP contribution in [-0.4, -0.2) is 11.2 Å². The molecule has 0 saturated carbocycles. The van der Waals surface area contributed by atoms with Crippen molar-refractivity contribution in [1.82, 2.24) is 5.43 Å². The molecule has 0 radical (unpaired) electrons. The van der Waals surface area contributed by atoms with E-state index in [-0.39, 0.29) is 5.50 Å². The van der Waals surface area contributed by atoms with Crippen LogP contribution in [0.1, 0.15) is 13.8 Å². The van der Waals surface area contributed by atoms with Crippen molar-refractivity contribution >= 4 is 18.3 Å². The molecule has 0 fully saturated rings. The van der Waals surface area contributed by atoms with Gasteiger partial charge in [-0.1, -0.05) is 0 Å². The Morgan fingerprint density at radius 1 is 1.75 bits per heavy atom. The number of thiol groups is 1. The van der Waals surface area contributed by atoms with Crippen LogP contribution >= 0.6 is 12.6 Å². The van der Waals surface area contributed by atoms with E-state index >= 15 is 0 Å². The van der Waals surface area contributed by atoms with Crippen LogP contribution in [0.2, 0.25) is 0 Å². The highest BCUT2D eigenvalue weighted by molar-refractivity contribution is 7.80. The minimum Gasteiger partial charge on any atom is -0.302 e. The summed E-state index contributed by atoms with van der Waals surface area (Å²) in [4.78, 5) is 0. The van der Waals surface area contributed by atoms with Gasteiger partial charge in [0.1, 0.15) is 5.50 Å². The molecule has 0 heterocycles. The van der Waals surface area contributed by atoms with E-state index in [1.807, 2.05) is 13.8 Å². The van der Waals surface area contributed by atoms with Gasteiger partial charge in [0.2, 0.25) is 0 Å². The van der Waals surface area contributed by atoms with Gasteiger partial charge in [0.25, 0.3) is 0 Å². The highest BCUT2D eigenvalue weighted by Gasteiger charge is 1.84. The number of hydrogen-bond acceptors (Lipinski definition) is 4. The molecule has 1 unspecified atom stereocenters. The van der Waals surface area contributed by atoms with Gasteiger partial charge >= 0.3 is 0 Å². The molecule has 0 rings (SSSR count). The fourth-order valence-corrected chi connectivity index (χ4v) is 0.253. The second-order valence-corrected chi connectivity index (χ2v) is 2.19. The molecule has 3 nitrogen and oxygen atoms in total. The Bertz CT molecular complexity index is 85.3. The summed E-state index contributed by atoms with van der Waals surface area (Å²) in [7, 11) is 0. The van der Waals surface area contributed by atoms with E-state index in [2.05, 4.69) is 23.2 Å². The SMILES string of the molecule is CC(C)=NNC(N)S. The van der Waals surface area contributed by atoms with Crippen molar-refractivity contribution in [1.29, 1.82) is 0 Å². The van der Waals surface area contributed by atoms with Gasteiger partial charge in [-0.15, -0.1) is 12.6 Å². The standard InChI is InChI=1S/C4H11N3S/c1-3(2)6-7-4(5)8/h4,7-8H,5H2,1-2H3. The first-order valence-electron chi connectivity index (χ1n) is 2.33. The molecule has 0 amide bonds. The second kappa shape index (κ2) is 3.74. The highest BCUT2D eigenvalue weighted by atomic mass is 32.1. The first-order chi connectivity index (χ1) is 3.63. The molecule has 0 aromatic rings. The minimum atomic E-state index is -0.357. The predicted octanol–water partition coefficient (Wildman–Crippen LogP) is 0.144. The van der Waals surface area contributed by atoms with Gasteiger partial charge in [-0.2, -0.15) is 5.10 Å². The van der Waals surface area contributed by atoms with Crippen molar-refractivity contribution in [3.63, 3.8) is 0 Å². The largest absolute Gasteiger partial charge is 0.302 e. The lowest BCUT2D eigenvalue weighted by Gasteiger charge is -2.01. The first-order valence-corrected chi connectivity index (χ1v) is 2.84. The Morgan fingerprint density at radius 3 is 2.38 bits per heavy atom. The molecule has 0 aromatic heterocycles. The third-order valence-electron chi connectivity index (χ3n) is 0.420. The van der Waals surface area contributed by atoms with Crippen LogP contribution in [0.4, 0.5) is 0 Å². The lowest BCUT2D eigenvalue weighted by Crippen LogP contribution is -2.27. The Hall–Kier alpha value is -0.220. The fraction of sp³-hybridized carbons (Fsp3) is 0.750. The normalized spacial score (nSPS) is 12.5. The minimum absolute atomic E-state index is 0.357. The first kappa shape index (κ1) is 7.78. The van der Waals surface area contributed by atoms with Gasteiger partial charge in [0, 0.05) is 5.71 Å². The lowest BCUT2D eigenvalue weighted by atomic mass is 10.5. The van der Waals surface area contributed by atoms with Crippen molar-refractivity contribution in [3.8, 4) is 0 Å². The molecule has 1 atom stereocenters. The summed E-state index contributed by atoms with van der Waals surface area (Å²) in [6, 6.07) is 0. The lowest BCUT2D eigenvalue weighted by molar-refractivity contribution is 0.715. The van der Waals surface area contributed by atoms with Crippen molar-refractivity contribution in [2.24, 2.45) is 10.8 Å². The summed E-state index contributed by atoms with van der Waals surface area (Å²) in [5, 5.41) is 3.79. The van der Waals surface area contributed by atoms with Crippen molar-refractivity contribution in [2.45, 2.75) is 19.3 Å². The monoisotopic (exact) mass is 133 g/mol. The van der Waals surface area contributed by atoms with E-state index in [9.17, 15) is 0 Å². The third-order valence-corrected chi connectivity index (χ3v) is 0.536. The molecule has 8 heavy (non-hydrogen) atoms. The van der Waals surface area contributed by atoms with E-state index in [4.69, 9.17) is 5.73 Å². The maximum Gasteiger partial charge on any atom is 0.136 e. The van der Waals surface area contributed by atoms with Gasteiger partial charge in [0.15, 0.2) is 0 Å². The molecular weight excluding hydrogens is 122 g/mol. The summed E-state index contributed by atoms with van der Waals surface area (Å²) in [6.07, 6.45) is 0. The van der Waals surface area contributed by atoms with E-state index in [1.165, 1.54) is 0 Å². The summed E-state index contributed by atoms with van der Waals surface area (Å²) in [5.41, 5.74) is 8.34. The molecule has 3 N–H and O–H groups in total. The molecule has 0 bridgehead atoms. The van der Waals surface area contributed by atoms with Gasteiger partial charge in [0.05, 0.1) is 0 Å². The number of hydrazone groups is 1. The zero-order valence-electron chi connectivity index (χ0n) is 5.05. The molecule has 0 spiro atoms. The van der Waals surface area contributed by atoms with Crippen LogP contribution in [0.5, 0.6) is 0 Å². The Balaban J connectivity index is 3.29. The van der Waals surface area contributed by atoms with E-state index in [0.29, 0.717) is 0 Å². The van der Waals surface area contributed by atoms with E-state index in [0.717, 1.165) is 5.71 Å². The zero-order valence-corrected chi connectivity index (χ0v) is 5.94. The number of nitrogens with two attached hydrogens (primary N) is 1. The van der Waals surface area contributed by atoms with Gasteiger partial charge in [-0.25, -0.2) is 0 Å². The third kappa shape index (κ3) is 5.78. The van der Waals surface area contributed by atoms with E-state index in [1.54, 1.807) is 0 Å². The molecular formula is C4H11N3S. The van der Waals surface area contributed by atoms with Crippen LogP contribution in [0, 0.1) is 0 Å². The van der Waals surface area contributed by atoms with Crippen molar-refractivity contribution in [3.05, 3.63) is 0 Å². The summed E-state index contributed by atoms with van der Waals surface area (Å²) in [6.45, 7) is 3.76. The van der Waals surface area contributed by atoms with Crippen LogP contribution in [0.3, 0.4) is 0 Å². The number of hydrogen-bond donors (Lipinski definition) is 3. The molecule has 48 valence electrons. The van der Waals surface area contributed by atoms with Gasteiger partial charge in [-0.05, 0) is 13.8 Å². The maximum absolute atomic E-state index is 5.19. The van der Waals surface area contributed by atoms with E-state index < -0.39 is 0 Å². The molecule has 4 heteroatoms. The van der Waals surface area contributed by atoms with Crippen LogP contribution < -0.4 is 11.2 Å². The quantitative estimate of drug-likeness (QED) is 0.217. The Labute approximate surface area is 54.7 Å². The number of rotatable bonds is 2. The predicted molar refractivity (Wildman–Crippen MR) is 38.9 cm³/mol. The summed E-state index contributed by atoms with van der Waals surface area (Å²) >= 11 is 3.83. The number of nitrogens with one attached hydrogen (secondary N) is 1. The molecule has 0 aliphatic rings. The summed E-state index contributed by atoms with van der Waals surface area (Å²) < 4.78 is 0. The fourth-order valence-electron chi connectivity index (χ4n) is 0.195. The highest BCUT2D eigenvalue weighted by Crippen LogP contribution is 1.76. The maximum atomic E-state index is 5.19. The molecule has 0 aliphatic carbocycles. The molecule has 0 aliphatic heterocycles. The van der Waals surface area contributed by atoms with Gasteiger partial charge in [-0.3, -0.25) is 5.43 Å². The second-order valence-electron chi connectivity index (χ2n) is 1.63.